The van der Waals surface area contributed by atoms with E-state index >= 15 is 0 Å². The number of para-hydroxylation sites is 1. The summed E-state index contributed by atoms with van der Waals surface area (Å²) in [6.07, 6.45) is 3.33. The Morgan fingerprint density at radius 2 is 1.97 bits per heavy atom. The molecule has 2 aromatic heterocycles. The van der Waals surface area contributed by atoms with E-state index in [2.05, 4.69) is 15.6 Å². The quantitative estimate of drug-likeness (QED) is 0.669. The number of pyridine rings is 1. The van der Waals surface area contributed by atoms with Crippen LogP contribution in [0.2, 0.25) is 0 Å². The summed E-state index contributed by atoms with van der Waals surface area (Å²) < 4.78 is 1.87. The maximum absolute atomic E-state index is 13.0. The molecule has 1 aromatic carbocycles. The molecule has 2 N–H and O–H groups in total. The minimum Gasteiger partial charge on any atom is -0.350 e. The molecule has 3 amide bonds. The molecule has 0 saturated heterocycles. The van der Waals surface area contributed by atoms with E-state index in [1.54, 1.807) is 32.4 Å². The average Bonchev–Trinajstić information content (AvgIpc) is 3.13. The van der Waals surface area contributed by atoms with Crippen molar-refractivity contribution in [3.8, 4) is 0 Å². The first-order valence-electron chi connectivity index (χ1n) is 9.70. The first kappa shape index (κ1) is 19.6. The van der Waals surface area contributed by atoms with Crippen molar-refractivity contribution in [3.05, 3.63) is 66.1 Å². The van der Waals surface area contributed by atoms with E-state index in [1.807, 2.05) is 41.0 Å². The number of carbonyl (C=O) groups is 3. The minimum absolute atomic E-state index is 0.171. The first-order valence-corrected chi connectivity index (χ1v) is 9.70. The third-order valence-corrected chi connectivity index (χ3v) is 5.65. The third-order valence-electron chi connectivity index (χ3n) is 5.65. The van der Waals surface area contributed by atoms with Crippen LogP contribution < -0.4 is 10.6 Å². The van der Waals surface area contributed by atoms with Crippen molar-refractivity contribution in [2.45, 2.75) is 25.6 Å². The van der Waals surface area contributed by atoms with Crippen molar-refractivity contribution in [1.29, 1.82) is 0 Å². The van der Waals surface area contributed by atoms with Crippen molar-refractivity contribution in [1.82, 2.24) is 25.1 Å². The van der Waals surface area contributed by atoms with Gasteiger partial charge < -0.3 is 20.1 Å². The van der Waals surface area contributed by atoms with Crippen LogP contribution in [0.3, 0.4) is 0 Å². The summed E-state index contributed by atoms with van der Waals surface area (Å²) >= 11 is 0. The lowest BCUT2D eigenvalue weighted by Crippen LogP contribution is -2.63. The molecule has 0 saturated carbocycles. The molecule has 0 fully saturated rings. The second kappa shape index (κ2) is 7.62. The molecule has 3 aromatic rings. The molecule has 8 heteroatoms. The van der Waals surface area contributed by atoms with Gasteiger partial charge >= 0.3 is 0 Å². The molecule has 154 valence electrons. The summed E-state index contributed by atoms with van der Waals surface area (Å²) in [4.78, 5) is 43.6. The van der Waals surface area contributed by atoms with E-state index in [-0.39, 0.29) is 24.3 Å². The van der Waals surface area contributed by atoms with E-state index in [9.17, 15) is 14.4 Å². The maximum atomic E-state index is 13.0. The first-order chi connectivity index (χ1) is 14.4. The van der Waals surface area contributed by atoms with Crippen molar-refractivity contribution < 1.29 is 14.4 Å². The van der Waals surface area contributed by atoms with Crippen LogP contribution in [0.15, 0.2) is 54.9 Å². The predicted octanol–water partition coefficient (Wildman–Crippen LogP) is 1.31. The highest BCUT2D eigenvalue weighted by Gasteiger charge is 2.45. The van der Waals surface area contributed by atoms with Crippen molar-refractivity contribution in [2.24, 2.45) is 0 Å². The molecule has 0 radical (unpaired) electrons. The monoisotopic (exact) mass is 405 g/mol. The number of nitrogens with one attached hydrogen (secondary N) is 2. The second-order valence-electron chi connectivity index (χ2n) is 7.63. The number of aromatic nitrogens is 2. The Bertz CT molecular complexity index is 1120. The summed E-state index contributed by atoms with van der Waals surface area (Å²) in [5.41, 5.74) is 1.21. The molecule has 0 spiro atoms. The number of carbonyl (C=O) groups excluding carboxylic acids is 3. The van der Waals surface area contributed by atoms with E-state index in [1.165, 1.54) is 4.90 Å². The standard InChI is InChI=1S/C22H23N5O3/c1-22(21(30)25-13-19(28)24-12-15-6-5-9-23-11-15)14-27-17-8-4-3-7-16(17)10-18(27)20(29)26(22)2/h3-11H,12-14H2,1-2H3,(H,24,28)(H,25,30). The zero-order valence-corrected chi connectivity index (χ0v) is 16.9. The number of nitrogens with zero attached hydrogens (tertiary/aromatic N) is 3. The van der Waals surface area contributed by atoms with Gasteiger partial charge in [-0.25, -0.2) is 0 Å². The Labute approximate surface area is 173 Å². The number of hydrogen-bond donors (Lipinski definition) is 2. The fraction of sp³-hybridized carbons (Fsp3) is 0.273. The molecule has 0 bridgehead atoms. The number of amides is 3. The summed E-state index contributed by atoms with van der Waals surface area (Å²) in [6.45, 7) is 2.18. The van der Waals surface area contributed by atoms with Crippen molar-refractivity contribution >= 4 is 28.6 Å². The average molecular weight is 405 g/mol. The van der Waals surface area contributed by atoms with E-state index < -0.39 is 5.54 Å². The SMILES string of the molecule is CN1C(=O)c2cc3ccccc3n2CC1(C)C(=O)NCC(=O)NCc1cccnc1. The molecule has 1 aliphatic heterocycles. The number of likely N-dealkylation sites (N-methyl/N-ethyl adjacent to an activating group) is 1. The van der Waals surface area contributed by atoms with Gasteiger partial charge in [0, 0.05) is 36.9 Å². The summed E-state index contributed by atoms with van der Waals surface area (Å²) in [5, 5.41) is 6.38. The predicted molar refractivity (Wildman–Crippen MR) is 112 cm³/mol. The van der Waals surface area contributed by atoms with Crippen LogP contribution in [0.4, 0.5) is 0 Å². The Morgan fingerprint density at radius 1 is 1.17 bits per heavy atom. The highest BCUT2D eigenvalue weighted by atomic mass is 16.2. The number of rotatable bonds is 5. The highest BCUT2D eigenvalue weighted by Crippen LogP contribution is 2.31. The van der Waals surface area contributed by atoms with Crippen LogP contribution in [-0.2, 0) is 22.7 Å². The van der Waals surface area contributed by atoms with Gasteiger partial charge in [0.05, 0.1) is 13.1 Å². The molecule has 30 heavy (non-hydrogen) atoms. The van der Waals surface area contributed by atoms with Crippen LogP contribution in [0.25, 0.3) is 10.9 Å². The van der Waals surface area contributed by atoms with Crippen LogP contribution in [0.5, 0.6) is 0 Å². The van der Waals surface area contributed by atoms with Crippen LogP contribution >= 0.6 is 0 Å². The van der Waals surface area contributed by atoms with Gasteiger partial charge in [-0.15, -0.1) is 0 Å². The normalized spacial score (nSPS) is 18.2. The minimum atomic E-state index is -1.12. The lowest BCUT2D eigenvalue weighted by molar-refractivity contribution is -0.134. The Balaban J connectivity index is 1.45. The lowest BCUT2D eigenvalue weighted by atomic mass is 9.95. The van der Waals surface area contributed by atoms with Gasteiger partial charge in [0.25, 0.3) is 5.91 Å². The maximum Gasteiger partial charge on any atom is 0.271 e. The molecule has 1 atom stereocenters. The van der Waals surface area contributed by atoms with Gasteiger partial charge in [-0.1, -0.05) is 24.3 Å². The Hall–Kier alpha value is -3.68. The molecule has 1 aliphatic rings. The van der Waals surface area contributed by atoms with Gasteiger partial charge in [0.1, 0.15) is 11.2 Å². The zero-order valence-electron chi connectivity index (χ0n) is 16.9. The molecule has 4 rings (SSSR count). The third kappa shape index (κ3) is 3.41. The van der Waals surface area contributed by atoms with Crippen LogP contribution in [-0.4, -0.2) is 51.3 Å². The van der Waals surface area contributed by atoms with Gasteiger partial charge in [0.15, 0.2) is 0 Å². The molecular weight excluding hydrogens is 382 g/mol. The molecular formula is C22H23N5O3. The summed E-state index contributed by atoms with van der Waals surface area (Å²) in [7, 11) is 1.62. The van der Waals surface area contributed by atoms with Crippen LogP contribution in [0.1, 0.15) is 23.0 Å². The summed E-state index contributed by atoms with van der Waals surface area (Å²) in [6, 6.07) is 13.2. The van der Waals surface area contributed by atoms with Gasteiger partial charge in [0.2, 0.25) is 11.8 Å². The fourth-order valence-corrected chi connectivity index (χ4v) is 3.71. The molecule has 1 unspecified atom stereocenters. The van der Waals surface area contributed by atoms with E-state index in [0.29, 0.717) is 18.8 Å². The Kier molecular flexibility index (Phi) is 4.99. The van der Waals surface area contributed by atoms with E-state index in [4.69, 9.17) is 0 Å². The van der Waals surface area contributed by atoms with Crippen LogP contribution in [0, 0.1) is 0 Å². The number of fused-ring (bicyclic) bond motifs is 3. The number of hydrogen-bond acceptors (Lipinski definition) is 4. The molecule has 0 aliphatic carbocycles. The lowest BCUT2D eigenvalue weighted by Gasteiger charge is -2.41. The van der Waals surface area contributed by atoms with Crippen molar-refractivity contribution in [2.75, 3.05) is 13.6 Å². The van der Waals surface area contributed by atoms with Gasteiger partial charge in [-0.3, -0.25) is 19.4 Å². The largest absolute Gasteiger partial charge is 0.350 e. The fourth-order valence-electron chi connectivity index (χ4n) is 3.71. The Morgan fingerprint density at radius 3 is 2.73 bits per heavy atom. The number of benzene rings is 1. The van der Waals surface area contributed by atoms with Gasteiger partial charge in [-0.05, 0) is 30.7 Å². The topological polar surface area (TPSA) is 96.3 Å². The zero-order chi connectivity index (χ0) is 21.3. The smallest absolute Gasteiger partial charge is 0.271 e. The van der Waals surface area contributed by atoms with Gasteiger partial charge in [-0.2, -0.15) is 0 Å². The summed E-state index contributed by atoms with van der Waals surface area (Å²) in [5.74, 6) is -0.915. The highest BCUT2D eigenvalue weighted by molar-refractivity contribution is 6.03. The molecule has 3 heterocycles. The van der Waals surface area contributed by atoms with E-state index in [0.717, 1.165) is 16.5 Å². The van der Waals surface area contributed by atoms with Crippen molar-refractivity contribution in [3.63, 3.8) is 0 Å². The molecule has 8 nitrogen and oxygen atoms in total. The second-order valence-corrected chi connectivity index (χ2v) is 7.63.